The third-order valence-electron chi connectivity index (χ3n) is 2.55. The number of nitrogens with one attached hydrogen (secondary N) is 2. The van der Waals surface area contributed by atoms with Crippen LogP contribution in [0.3, 0.4) is 0 Å². The lowest BCUT2D eigenvalue weighted by atomic mass is 10.1. The van der Waals surface area contributed by atoms with Gasteiger partial charge in [0.1, 0.15) is 11.6 Å². The fourth-order valence-electron chi connectivity index (χ4n) is 1.53. The van der Waals surface area contributed by atoms with Crippen LogP contribution in [0.1, 0.15) is 6.92 Å². The zero-order valence-electron chi connectivity index (χ0n) is 12.0. The standard InChI is InChI=1S/C13H16F4N2O2.ClH/c1-8(6-18-2)12(20)19-10-4-3-9(14)5-11(10)21-7-13(15,16)17;/h3-5,8,18H,6-7H2,1-2H3,(H,19,20);1H. The highest BCUT2D eigenvalue weighted by molar-refractivity contribution is 5.93. The molecule has 0 spiro atoms. The minimum Gasteiger partial charge on any atom is -0.482 e. The molecular formula is C13H17ClF4N2O2. The molecule has 0 aliphatic heterocycles. The van der Waals surface area contributed by atoms with E-state index in [4.69, 9.17) is 0 Å². The van der Waals surface area contributed by atoms with E-state index in [0.29, 0.717) is 6.54 Å². The molecule has 0 aliphatic carbocycles. The van der Waals surface area contributed by atoms with E-state index >= 15 is 0 Å². The molecule has 126 valence electrons. The highest BCUT2D eigenvalue weighted by Crippen LogP contribution is 2.28. The fourth-order valence-corrected chi connectivity index (χ4v) is 1.53. The van der Waals surface area contributed by atoms with E-state index in [2.05, 4.69) is 15.4 Å². The van der Waals surface area contributed by atoms with Crippen LogP contribution in [0.25, 0.3) is 0 Å². The Hall–Kier alpha value is -1.54. The number of alkyl halides is 3. The van der Waals surface area contributed by atoms with Gasteiger partial charge in [0.05, 0.1) is 5.69 Å². The Morgan fingerprint density at radius 3 is 2.55 bits per heavy atom. The highest BCUT2D eigenvalue weighted by Gasteiger charge is 2.29. The van der Waals surface area contributed by atoms with E-state index in [1.165, 1.54) is 0 Å². The van der Waals surface area contributed by atoms with Crippen molar-refractivity contribution in [3.63, 3.8) is 0 Å². The number of benzene rings is 1. The third-order valence-corrected chi connectivity index (χ3v) is 2.55. The molecule has 0 fully saturated rings. The van der Waals surface area contributed by atoms with E-state index < -0.39 is 30.4 Å². The van der Waals surface area contributed by atoms with Crippen molar-refractivity contribution in [3.05, 3.63) is 24.0 Å². The largest absolute Gasteiger partial charge is 0.482 e. The van der Waals surface area contributed by atoms with Crippen LogP contribution in [0, 0.1) is 11.7 Å². The lowest BCUT2D eigenvalue weighted by Crippen LogP contribution is -2.29. The molecule has 1 unspecified atom stereocenters. The second-order valence-corrected chi connectivity index (χ2v) is 4.49. The van der Waals surface area contributed by atoms with E-state index in [-0.39, 0.29) is 23.8 Å². The summed E-state index contributed by atoms with van der Waals surface area (Å²) < 4.78 is 54.1. The zero-order chi connectivity index (χ0) is 16.0. The van der Waals surface area contributed by atoms with Crippen molar-refractivity contribution in [1.82, 2.24) is 5.32 Å². The first-order valence-corrected chi connectivity index (χ1v) is 6.17. The van der Waals surface area contributed by atoms with E-state index in [1.807, 2.05) is 0 Å². The summed E-state index contributed by atoms with van der Waals surface area (Å²) >= 11 is 0. The summed E-state index contributed by atoms with van der Waals surface area (Å²) in [6.45, 7) is 0.475. The molecule has 22 heavy (non-hydrogen) atoms. The van der Waals surface area contributed by atoms with Crippen molar-refractivity contribution in [2.45, 2.75) is 13.1 Å². The maximum atomic E-state index is 13.1. The molecule has 0 radical (unpaired) electrons. The lowest BCUT2D eigenvalue weighted by molar-refractivity contribution is -0.153. The van der Waals surface area contributed by atoms with Crippen LogP contribution >= 0.6 is 12.4 Å². The molecule has 9 heteroatoms. The Morgan fingerprint density at radius 2 is 2.00 bits per heavy atom. The van der Waals surface area contributed by atoms with Gasteiger partial charge in [0.2, 0.25) is 5.91 Å². The van der Waals surface area contributed by atoms with Crippen molar-refractivity contribution in [2.75, 3.05) is 25.5 Å². The Kier molecular flexibility index (Phi) is 8.18. The molecule has 1 aromatic rings. The number of amides is 1. The number of ether oxygens (including phenoxy) is 1. The SMILES string of the molecule is CNCC(C)C(=O)Nc1ccc(F)cc1OCC(F)(F)F.Cl. The lowest BCUT2D eigenvalue weighted by Gasteiger charge is -2.16. The summed E-state index contributed by atoms with van der Waals surface area (Å²) in [6.07, 6.45) is -4.55. The van der Waals surface area contributed by atoms with Crippen molar-refractivity contribution in [1.29, 1.82) is 0 Å². The van der Waals surface area contributed by atoms with Crippen LogP contribution in [-0.2, 0) is 4.79 Å². The molecular weight excluding hydrogens is 328 g/mol. The van der Waals surface area contributed by atoms with Crippen LogP contribution in [-0.4, -0.2) is 32.3 Å². The smallest absolute Gasteiger partial charge is 0.422 e. The average Bonchev–Trinajstić information content (AvgIpc) is 2.38. The van der Waals surface area contributed by atoms with E-state index in [9.17, 15) is 22.4 Å². The van der Waals surface area contributed by atoms with Crippen LogP contribution in [0.15, 0.2) is 18.2 Å². The Bertz CT molecular complexity index is 497. The van der Waals surface area contributed by atoms with Crippen LogP contribution < -0.4 is 15.4 Å². The van der Waals surface area contributed by atoms with Crippen LogP contribution in [0.5, 0.6) is 5.75 Å². The maximum Gasteiger partial charge on any atom is 0.422 e. The molecule has 0 saturated carbocycles. The van der Waals surface area contributed by atoms with Crippen molar-refractivity contribution in [2.24, 2.45) is 5.92 Å². The summed E-state index contributed by atoms with van der Waals surface area (Å²) in [4.78, 5) is 11.8. The first kappa shape index (κ1) is 20.5. The van der Waals surface area contributed by atoms with Gasteiger partial charge in [0, 0.05) is 18.5 Å². The van der Waals surface area contributed by atoms with Gasteiger partial charge in [-0.2, -0.15) is 13.2 Å². The van der Waals surface area contributed by atoms with Crippen molar-refractivity contribution < 1.29 is 27.1 Å². The normalized spacial score (nSPS) is 12.3. The minimum absolute atomic E-state index is 0. The second kappa shape index (κ2) is 8.79. The number of anilines is 1. The molecule has 0 aromatic heterocycles. The number of hydrogen-bond donors (Lipinski definition) is 2. The Labute approximate surface area is 131 Å². The van der Waals surface area contributed by atoms with Gasteiger partial charge in [-0.3, -0.25) is 4.79 Å². The second-order valence-electron chi connectivity index (χ2n) is 4.49. The minimum atomic E-state index is -4.55. The van der Waals surface area contributed by atoms with Crippen molar-refractivity contribution in [3.8, 4) is 5.75 Å². The van der Waals surface area contributed by atoms with Gasteiger partial charge in [-0.05, 0) is 19.2 Å². The molecule has 1 amide bonds. The van der Waals surface area contributed by atoms with E-state index in [1.54, 1.807) is 14.0 Å². The van der Waals surface area contributed by atoms with Gasteiger partial charge in [-0.25, -0.2) is 4.39 Å². The molecule has 0 aliphatic rings. The number of halogens is 5. The number of hydrogen-bond acceptors (Lipinski definition) is 3. The van der Waals surface area contributed by atoms with E-state index in [0.717, 1.165) is 18.2 Å². The first-order valence-electron chi connectivity index (χ1n) is 6.17. The quantitative estimate of drug-likeness (QED) is 0.780. The first-order chi connectivity index (χ1) is 9.73. The molecule has 1 rings (SSSR count). The topological polar surface area (TPSA) is 50.4 Å². The van der Waals surface area contributed by atoms with Gasteiger partial charge in [0.25, 0.3) is 0 Å². The summed E-state index contributed by atoms with van der Waals surface area (Å²) in [7, 11) is 1.67. The van der Waals surface area contributed by atoms with Gasteiger partial charge in [-0.15, -0.1) is 12.4 Å². The summed E-state index contributed by atoms with van der Waals surface area (Å²) in [6, 6.07) is 2.98. The molecule has 0 bridgehead atoms. The summed E-state index contributed by atoms with van der Waals surface area (Å²) in [5.74, 6) is -1.94. The summed E-state index contributed by atoms with van der Waals surface area (Å²) in [5.41, 5.74) is -0.00592. The number of carbonyl (C=O) groups is 1. The predicted octanol–water partition coefficient (Wildman–Crippen LogP) is 2.98. The number of carbonyl (C=O) groups excluding carboxylic acids is 1. The van der Waals surface area contributed by atoms with Gasteiger partial charge in [-0.1, -0.05) is 6.92 Å². The third kappa shape index (κ3) is 6.95. The molecule has 0 saturated heterocycles. The zero-order valence-corrected chi connectivity index (χ0v) is 12.8. The van der Waals surface area contributed by atoms with Gasteiger partial charge in [0.15, 0.2) is 6.61 Å². The van der Waals surface area contributed by atoms with Crippen LogP contribution in [0.2, 0.25) is 0 Å². The Morgan fingerprint density at radius 1 is 1.36 bits per heavy atom. The fraction of sp³-hybridized carbons (Fsp3) is 0.462. The Balaban J connectivity index is 0.00000441. The van der Waals surface area contributed by atoms with Gasteiger partial charge >= 0.3 is 6.18 Å². The summed E-state index contributed by atoms with van der Waals surface area (Å²) in [5, 5.41) is 5.22. The molecule has 2 N–H and O–H groups in total. The average molecular weight is 345 g/mol. The van der Waals surface area contributed by atoms with Crippen LogP contribution in [0.4, 0.5) is 23.2 Å². The van der Waals surface area contributed by atoms with Gasteiger partial charge < -0.3 is 15.4 Å². The molecule has 4 nitrogen and oxygen atoms in total. The molecule has 1 aromatic carbocycles. The number of rotatable bonds is 6. The molecule has 1 atom stereocenters. The monoisotopic (exact) mass is 344 g/mol. The predicted molar refractivity (Wildman–Crippen MR) is 76.9 cm³/mol. The van der Waals surface area contributed by atoms with Crippen molar-refractivity contribution >= 4 is 24.0 Å². The molecule has 0 heterocycles. The highest BCUT2D eigenvalue weighted by atomic mass is 35.5. The maximum absolute atomic E-state index is 13.1.